The zero-order chi connectivity index (χ0) is 16.6. The minimum Gasteiger partial charge on any atom is -0.468 e. The molecule has 2 heterocycles. The Labute approximate surface area is 146 Å². The number of carbonyl (C=O) groups is 2. The monoisotopic (exact) mass is 352 g/mol. The van der Waals surface area contributed by atoms with Crippen LogP contribution in [0.2, 0.25) is 0 Å². The first-order valence-electron chi connectivity index (χ1n) is 7.61. The Balaban J connectivity index is 0.00000208. The summed E-state index contributed by atoms with van der Waals surface area (Å²) in [6.45, 7) is 4.79. The number of benzene rings is 1. The number of carbonyl (C=O) groups excluding carboxylic acids is 1. The molecular weight excluding hydrogens is 332 g/mol. The maximum Gasteiger partial charge on any atom is 0.408 e. The molecule has 3 unspecified atom stereocenters. The Morgan fingerprint density at radius 3 is 2.83 bits per heavy atom. The van der Waals surface area contributed by atoms with Crippen LogP contribution in [0.1, 0.15) is 29.2 Å². The Morgan fingerprint density at radius 2 is 2.21 bits per heavy atom. The molecule has 6 nitrogen and oxygen atoms in total. The number of ether oxygens (including phenoxy) is 1. The normalized spacial score (nSPS) is 24.9. The van der Waals surface area contributed by atoms with Gasteiger partial charge >= 0.3 is 12.1 Å². The third-order valence-corrected chi connectivity index (χ3v) is 4.77. The molecule has 0 saturated carbocycles. The predicted molar refractivity (Wildman–Crippen MR) is 92.0 cm³/mol. The molecule has 0 radical (unpaired) electrons. The Bertz CT molecular complexity index is 664. The maximum absolute atomic E-state index is 11.7. The van der Waals surface area contributed by atoms with Crippen LogP contribution < -0.4 is 5.32 Å². The number of amides is 1. The first-order chi connectivity index (χ1) is 11.1. The van der Waals surface area contributed by atoms with Crippen molar-refractivity contribution in [3.63, 3.8) is 0 Å². The zero-order valence-corrected chi connectivity index (χ0v) is 14.2. The predicted octanol–water partition coefficient (Wildman–Crippen LogP) is 2.44. The summed E-state index contributed by atoms with van der Waals surface area (Å²) >= 11 is 0. The molecular formula is C17H21ClN2O4. The fraction of sp³-hybridized carbons (Fsp3) is 0.412. The van der Waals surface area contributed by atoms with Crippen molar-refractivity contribution in [2.75, 3.05) is 13.7 Å². The van der Waals surface area contributed by atoms with Crippen molar-refractivity contribution in [1.82, 2.24) is 10.2 Å². The SMILES string of the molecule is C=Cc1cccc2c1C(C1CNC(C(=O)OC)C1)N(C(=O)O)C2.Cl. The molecule has 0 aliphatic carbocycles. The first kappa shape index (κ1) is 18.3. The topological polar surface area (TPSA) is 78.9 Å². The second-order valence-corrected chi connectivity index (χ2v) is 5.96. The van der Waals surface area contributed by atoms with E-state index in [0.29, 0.717) is 19.5 Å². The minimum atomic E-state index is -0.942. The highest BCUT2D eigenvalue weighted by atomic mass is 35.5. The van der Waals surface area contributed by atoms with Gasteiger partial charge in [-0.1, -0.05) is 30.9 Å². The molecule has 0 aromatic heterocycles. The van der Waals surface area contributed by atoms with Gasteiger partial charge in [0, 0.05) is 6.54 Å². The molecule has 1 fully saturated rings. The van der Waals surface area contributed by atoms with E-state index in [2.05, 4.69) is 11.9 Å². The number of halogens is 1. The summed E-state index contributed by atoms with van der Waals surface area (Å²) in [7, 11) is 1.36. The second-order valence-electron chi connectivity index (χ2n) is 5.96. The summed E-state index contributed by atoms with van der Waals surface area (Å²) in [6, 6.07) is 5.19. The molecule has 2 aliphatic rings. The average molecular weight is 353 g/mol. The van der Waals surface area contributed by atoms with Crippen molar-refractivity contribution in [2.45, 2.75) is 25.0 Å². The first-order valence-corrected chi connectivity index (χ1v) is 7.61. The number of rotatable bonds is 3. The van der Waals surface area contributed by atoms with E-state index in [0.717, 1.165) is 16.7 Å². The number of carboxylic acid groups (broad SMARTS) is 1. The summed E-state index contributed by atoms with van der Waals surface area (Å²) in [5, 5.41) is 12.7. The van der Waals surface area contributed by atoms with Crippen LogP contribution >= 0.6 is 12.4 Å². The minimum absolute atomic E-state index is 0. The summed E-state index contributed by atoms with van der Waals surface area (Å²) in [5.74, 6) is -0.276. The van der Waals surface area contributed by atoms with Gasteiger partial charge in [0.2, 0.25) is 0 Å². The van der Waals surface area contributed by atoms with Gasteiger partial charge in [-0.15, -0.1) is 12.4 Å². The van der Waals surface area contributed by atoms with E-state index in [4.69, 9.17) is 4.74 Å². The number of hydrogen-bond donors (Lipinski definition) is 2. The lowest BCUT2D eigenvalue weighted by molar-refractivity contribution is -0.142. The van der Waals surface area contributed by atoms with Crippen LogP contribution in [0.25, 0.3) is 6.08 Å². The molecule has 24 heavy (non-hydrogen) atoms. The summed E-state index contributed by atoms with van der Waals surface area (Å²) in [5.41, 5.74) is 2.98. The van der Waals surface area contributed by atoms with Crippen molar-refractivity contribution in [1.29, 1.82) is 0 Å². The van der Waals surface area contributed by atoms with E-state index in [1.54, 1.807) is 6.08 Å². The molecule has 3 atom stereocenters. The molecule has 7 heteroatoms. The summed E-state index contributed by atoms with van der Waals surface area (Å²) in [6.07, 6.45) is 1.38. The molecule has 3 rings (SSSR count). The lowest BCUT2D eigenvalue weighted by Gasteiger charge is -2.28. The van der Waals surface area contributed by atoms with Crippen LogP contribution in [0.4, 0.5) is 4.79 Å². The average Bonchev–Trinajstić information content (AvgIpc) is 3.17. The maximum atomic E-state index is 11.7. The van der Waals surface area contributed by atoms with Crippen LogP contribution in [-0.2, 0) is 16.1 Å². The van der Waals surface area contributed by atoms with Gasteiger partial charge in [0.05, 0.1) is 19.7 Å². The number of fused-ring (bicyclic) bond motifs is 1. The van der Waals surface area contributed by atoms with E-state index in [1.165, 1.54) is 12.0 Å². The quantitative estimate of drug-likeness (QED) is 0.817. The van der Waals surface area contributed by atoms with Gasteiger partial charge in [-0.2, -0.15) is 0 Å². The molecule has 1 aromatic rings. The van der Waals surface area contributed by atoms with Crippen molar-refractivity contribution in [3.8, 4) is 0 Å². The molecule has 1 saturated heterocycles. The standard InChI is InChI=1S/C17H20N2O4.ClH/c1-3-10-5-4-6-11-9-19(17(21)22)15(14(10)11)12-7-13(18-8-12)16(20)23-2;/h3-6,12-13,15,18H,1,7-9H2,2H3,(H,21,22);1H. The smallest absolute Gasteiger partial charge is 0.408 e. The molecule has 130 valence electrons. The van der Waals surface area contributed by atoms with Gasteiger partial charge in [-0.25, -0.2) is 4.79 Å². The fourth-order valence-electron chi connectivity index (χ4n) is 3.75. The lowest BCUT2D eigenvalue weighted by Crippen LogP contribution is -2.33. The number of esters is 1. The van der Waals surface area contributed by atoms with E-state index < -0.39 is 6.09 Å². The van der Waals surface area contributed by atoms with E-state index >= 15 is 0 Å². The van der Waals surface area contributed by atoms with Crippen molar-refractivity contribution < 1.29 is 19.4 Å². The summed E-state index contributed by atoms with van der Waals surface area (Å²) < 4.78 is 4.79. The number of hydrogen-bond acceptors (Lipinski definition) is 4. The molecule has 1 amide bonds. The molecule has 1 aromatic carbocycles. The van der Waals surface area contributed by atoms with Gasteiger partial charge in [-0.05, 0) is 29.0 Å². The highest BCUT2D eigenvalue weighted by Crippen LogP contribution is 2.43. The lowest BCUT2D eigenvalue weighted by atomic mass is 9.88. The number of nitrogens with one attached hydrogen (secondary N) is 1. The van der Waals surface area contributed by atoms with E-state index in [9.17, 15) is 14.7 Å². The number of methoxy groups -OCH3 is 1. The molecule has 0 spiro atoms. The largest absolute Gasteiger partial charge is 0.468 e. The van der Waals surface area contributed by atoms with Crippen molar-refractivity contribution in [2.24, 2.45) is 5.92 Å². The van der Waals surface area contributed by atoms with Crippen LogP contribution in [-0.4, -0.2) is 41.8 Å². The fourth-order valence-corrected chi connectivity index (χ4v) is 3.75. The summed E-state index contributed by atoms with van der Waals surface area (Å²) in [4.78, 5) is 24.9. The second kappa shape index (κ2) is 7.23. The third-order valence-electron chi connectivity index (χ3n) is 4.77. The van der Waals surface area contributed by atoms with Gasteiger partial charge < -0.3 is 15.2 Å². The van der Waals surface area contributed by atoms with Crippen molar-refractivity contribution >= 4 is 30.5 Å². The number of nitrogens with zero attached hydrogens (tertiary/aromatic N) is 1. The Hall–Kier alpha value is -2.05. The Morgan fingerprint density at radius 1 is 1.46 bits per heavy atom. The van der Waals surface area contributed by atoms with Crippen LogP contribution in [0.3, 0.4) is 0 Å². The highest BCUT2D eigenvalue weighted by molar-refractivity contribution is 5.85. The molecule has 0 bridgehead atoms. The van der Waals surface area contributed by atoms with Crippen molar-refractivity contribution in [3.05, 3.63) is 41.5 Å². The van der Waals surface area contributed by atoms with E-state index in [-0.39, 0.29) is 36.4 Å². The van der Waals surface area contributed by atoms with Crippen LogP contribution in [0.5, 0.6) is 0 Å². The molecule has 2 aliphatic heterocycles. The van der Waals surface area contributed by atoms with Crippen LogP contribution in [0, 0.1) is 5.92 Å². The third kappa shape index (κ3) is 2.99. The highest BCUT2D eigenvalue weighted by Gasteiger charge is 2.44. The Kier molecular flexibility index (Phi) is 5.51. The van der Waals surface area contributed by atoms with Gasteiger partial charge in [-0.3, -0.25) is 9.69 Å². The zero-order valence-electron chi connectivity index (χ0n) is 13.4. The van der Waals surface area contributed by atoms with Gasteiger partial charge in [0.1, 0.15) is 6.04 Å². The van der Waals surface area contributed by atoms with Crippen LogP contribution in [0.15, 0.2) is 24.8 Å². The van der Waals surface area contributed by atoms with Gasteiger partial charge in [0.25, 0.3) is 0 Å². The van der Waals surface area contributed by atoms with E-state index in [1.807, 2.05) is 18.2 Å². The van der Waals surface area contributed by atoms with Gasteiger partial charge in [0.15, 0.2) is 0 Å². The molecule has 2 N–H and O–H groups in total.